The number of benzene rings is 3. The molecule has 150 valence electrons. The Morgan fingerprint density at radius 2 is 1.57 bits per heavy atom. The molecule has 0 unspecified atom stereocenters. The smallest absolute Gasteiger partial charge is 0.338 e. The fraction of sp³-hybridized carbons (Fsp3) is 0.125. The molecule has 0 saturated carbocycles. The lowest BCUT2D eigenvalue weighted by Gasteiger charge is -2.23. The SMILES string of the molecule is CCOC(=O)c1ccc(Nc2cc(C)c(N)c3c2C(=O)c2ccccc2C3=O)cc1. The van der Waals surface area contributed by atoms with Crippen molar-refractivity contribution in [3.63, 3.8) is 0 Å². The summed E-state index contributed by atoms with van der Waals surface area (Å²) in [6, 6.07) is 15.2. The Kier molecular flexibility index (Phi) is 4.83. The number of fused-ring (bicyclic) bond motifs is 2. The van der Waals surface area contributed by atoms with Crippen LogP contribution in [0, 0.1) is 6.92 Å². The molecule has 0 heterocycles. The van der Waals surface area contributed by atoms with Gasteiger partial charge >= 0.3 is 5.97 Å². The van der Waals surface area contributed by atoms with Gasteiger partial charge < -0.3 is 15.8 Å². The second-order valence-electron chi connectivity index (χ2n) is 7.03. The number of hydrogen-bond acceptors (Lipinski definition) is 6. The molecule has 0 amide bonds. The number of hydrogen-bond donors (Lipinski definition) is 2. The third-order valence-electron chi connectivity index (χ3n) is 5.12. The number of nitrogens with two attached hydrogens (primary N) is 1. The fourth-order valence-corrected chi connectivity index (χ4v) is 3.61. The molecule has 0 bridgehead atoms. The van der Waals surface area contributed by atoms with Crippen molar-refractivity contribution in [2.75, 3.05) is 17.7 Å². The summed E-state index contributed by atoms with van der Waals surface area (Å²) in [4.78, 5) is 38.2. The number of anilines is 3. The quantitative estimate of drug-likeness (QED) is 0.392. The summed E-state index contributed by atoms with van der Waals surface area (Å²) in [5, 5.41) is 3.20. The van der Waals surface area contributed by atoms with Gasteiger partial charge in [-0.3, -0.25) is 9.59 Å². The molecule has 3 aromatic rings. The summed E-state index contributed by atoms with van der Waals surface area (Å²) >= 11 is 0. The molecule has 6 nitrogen and oxygen atoms in total. The summed E-state index contributed by atoms with van der Waals surface area (Å²) < 4.78 is 4.99. The van der Waals surface area contributed by atoms with Crippen molar-refractivity contribution in [2.45, 2.75) is 13.8 Å². The van der Waals surface area contributed by atoms with Crippen molar-refractivity contribution in [1.29, 1.82) is 0 Å². The number of ether oxygens (including phenoxy) is 1. The highest BCUT2D eigenvalue weighted by Gasteiger charge is 2.34. The molecule has 6 heteroatoms. The first-order valence-electron chi connectivity index (χ1n) is 9.58. The maximum Gasteiger partial charge on any atom is 0.338 e. The standard InChI is InChI=1S/C24H20N2O4/c1-3-30-24(29)14-8-10-15(11-9-14)26-18-12-13(2)21(25)20-19(18)22(27)16-6-4-5-7-17(16)23(20)28/h4-12,26H,3,25H2,1-2H3. The van der Waals surface area contributed by atoms with Gasteiger partial charge in [0.1, 0.15) is 0 Å². The van der Waals surface area contributed by atoms with Crippen LogP contribution < -0.4 is 11.1 Å². The van der Waals surface area contributed by atoms with E-state index in [0.29, 0.717) is 45.9 Å². The van der Waals surface area contributed by atoms with Crippen LogP contribution in [0.2, 0.25) is 0 Å². The van der Waals surface area contributed by atoms with E-state index in [0.717, 1.165) is 0 Å². The second kappa shape index (κ2) is 7.48. The summed E-state index contributed by atoms with van der Waals surface area (Å²) in [5.74, 6) is -0.915. The zero-order chi connectivity index (χ0) is 21.4. The molecule has 3 aromatic carbocycles. The Bertz CT molecular complexity index is 1200. The van der Waals surface area contributed by atoms with Crippen molar-refractivity contribution >= 4 is 34.6 Å². The van der Waals surface area contributed by atoms with Gasteiger partial charge in [0.05, 0.1) is 29.0 Å². The van der Waals surface area contributed by atoms with Gasteiger partial charge in [-0.15, -0.1) is 0 Å². The molecule has 3 N–H and O–H groups in total. The summed E-state index contributed by atoms with van der Waals surface area (Å²) in [6.45, 7) is 3.84. The molecular formula is C24H20N2O4. The Morgan fingerprint density at radius 1 is 0.967 bits per heavy atom. The number of aryl methyl sites for hydroxylation is 1. The van der Waals surface area contributed by atoms with E-state index in [1.165, 1.54) is 0 Å². The lowest BCUT2D eigenvalue weighted by atomic mass is 9.81. The van der Waals surface area contributed by atoms with Gasteiger partial charge in [0.25, 0.3) is 0 Å². The average molecular weight is 400 g/mol. The molecular weight excluding hydrogens is 380 g/mol. The van der Waals surface area contributed by atoms with Crippen LogP contribution >= 0.6 is 0 Å². The van der Waals surface area contributed by atoms with Gasteiger partial charge in [0.2, 0.25) is 0 Å². The van der Waals surface area contributed by atoms with Crippen molar-refractivity contribution in [2.24, 2.45) is 0 Å². The predicted octanol–water partition coefficient (Wildman–Crippen LogP) is 4.27. The van der Waals surface area contributed by atoms with E-state index in [2.05, 4.69) is 5.32 Å². The number of ketones is 2. The van der Waals surface area contributed by atoms with E-state index in [4.69, 9.17) is 10.5 Å². The van der Waals surface area contributed by atoms with E-state index in [1.807, 2.05) is 0 Å². The largest absolute Gasteiger partial charge is 0.462 e. The maximum absolute atomic E-state index is 13.2. The Balaban J connectivity index is 1.77. The lowest BCUT2D eigenvalue weighted by molar-refractivity contribution is 0.0526. The van der Waals surface area contributed by atoms with Crippen molar-refractivity contribution in [3.05, 3.63) is 88.0 Å². The number of nitrogens with one attached hydrogen (secondary N) is 1. The van der Waals surface area contributed by atoms with Gasteiger partial charge in [-0.25, -0.2) is 4.79 Å². The molecule has 0 aromatic heterocycles. The first-order chi connectivity index (χ1) is 14.4. The highest BCUT2D eigenvalue weighted by Crippen LogP contribution is 2.38. The minimum Gasteiger partial charge on any atom is -0.462 e. The first-order valence-corrected chi connectivity index (χ1v) is 9.58. The van der Waals surface area contributed by atoms with Crippen molar-refractivity contribution < 1.29 is 19.1 Å². The summed E-state index contributed by atoms with van der Waals surface area (Å²) in [5.41, 5.74) is 9.99. The van der Waals surface area contributed by atoms with Gasteiger partial charge in [0, 0.05) is 22.5 Å². The molecule has 0 atom stereocenters. The van der Waals surface area contributed by atoms with Crippen LogP contribution in [0.3, 0.4) is 0 Å². The van der Waals surface area contributed by atoms with E-state index in [9.17, 15) is 14.4 Å². The molecule has 0 saturated heterocycles. The van der Waals surface area contributed by atoms with E-state index in [-0.39, 0.29) is 22.7 Å². The molecule has 0 fully saturated rings. The maximum atomic E-state index is 13.2. The minimum absolute atomic E-state index is 0.226. The van der Waals surface area contributed by atoms with Crippen molar-refractivity contribution in [3.8, 4) is 0 Å². The van der Waals surface area contributed by atoms with Crippen LogP contribution in [0.4, 0.5) is 17.1 Å². The zero-order valence-corrected chi connectivity index (χ0v) is 16.6. The Labute approximate surface area is 173 Å². The predicted molar refractivity (Wildman–Crippen MR) is 115 cm³/mol. The van der Waals surface area contributed by atoms with Crippen LogP contribution in [0.5, 0.6) is 0 Å². The second-order valence-corrected chi connectivity index (χ2v) is 7.03. The highest BCUT2D eigenvalue weighted by atomic mass is 16.5. The van der Waals surface area contributed by atoms with Crippen LogP contribution in [0.15, 0.2) is 54.6 Å². The molecule has 4 rings (SSSR count). The Morgan fingerprint density at radius 3 is 2.17 bits per heavy atom. The zero-order valence-electron chi connectivity index (χ0n) is 16.6. The van der Waals surface area contributed by atoms with Gasteiger partial charge in [-0.05, 0) is 49.7 Å². The molecule has 0 radical (unpaired) electrons. The molecule has 1 aliphatic carbocycles. The van der Waals surface area contributed by atoms with Crippen LogP contribution in [-0.4, -0.2) is 24.1 Å². The molecule has 0 spiro atoms. The number of rotatable bonds is 4. The molecule has 0 aliphatic heterocycles. The summed E-state index contributed by atoms with van der Waals surface area (Å²) in [6.07, 6.45) is 0. The average Bonchev–Trinajstić information content (AvgIpc) is 2.75. The van der Waals surface area contributed by atoms with Gasteiger partial charge in [-0.2, -0.15) is 0 Å². The highest BCUT2D eigenvalue weighted by molar-refractivity contribution is 6.32. The number of carbonyl (C=O) groups is 3. The minimum atomic E-state index is -0.401. The summed E-state index contributed by atoms with van der Waals surface area (Å²) in [7, 11) is 0. The fourth-order valence-electron chi connectivity index (χ4n) is 3.61. The normalized spacial score (nSPS) is 12.2. The Hall–Kier alpha value is -3.93. The topological polar surface area (TPSA) is 98.5 Å². The molecule has 1 aliphatic rings. The third-order valence-corrected chi connectivity index (χ3v) is 5.12. The number of nitrogen functional groups attached to an aromatic ring is 1. The number of esters is 1. The van der Waals surface area contributed by atoms with E-state index < -0.39 is 5.97 Å². The monoisotopic (exact) mass is 400 g/mol. The lowest BCUT2D eigenvalue weighted by Crippen LogP contribution is -2.24. The first kappa shape index (κ1) is 19.4. The van der Waals surface area contributed by atoms with Gasteiger partial charge in [-0.1, -0.05) is 24.3 Å². The van der Waals surface area contributed by atoms with Crippen LogP contribution in [-0.2, 0) is 4.74 Å². The third kappa shape index (κ3) is 3.12. The number of carbonyl (C=O) groups excluding carboxylic acids is 3. The molecule has 30 heavy (non-hydrogen) atoms. The van der Waals surface area contributed by atoms with Crippen LogP contribution in [0.25, 0.3) is 0 Å². The van der Waals surface area contributed by atoms with Crippen LogP contribution in [0.1, 0.15) is 54.7 Å². The van der Waals surface area contributed by atoms with Crippen molar-refractivity contribution in [1.82, 2.24) is 0 Å². The van der Waals surface area contributed by atoms with E-state index in [1.54, 1.807) is 68.4 Å². The van der Waals surface area contributed by atoms with E-state index >= 15 is 0 Å². The van der Waals surface area contributed by atoms with Gasteiger partial charge in [0.15, 0.2) is 11.6 Å².